The number of para-hydroxylation sites is 1. The average Bonchev–Trinajstić information content (AvgIpc) is 2.73. The van der Waals surface area contributed by atoms with E-state index < -0.39 is 29.9 Å². The molecule has 9 nitrogen and oxygen atoms in total. The van der Waals surface area contributed by atoms with E-state index in [1.54, 1.807) is 36.4 Å². The Morgan fingerprint density at radius 3 is 2.45 bits per heavy atom. The molecule has 2 aromatic carbocycles. The van der Waals surface area contributed by atoms with Gasteiger partial charge in [-0.25, -0.2) is 14.5 Å². The van der Waals surface area contributed by atoms with Gasteiger partial charge in [-0.2, -0.15) is 0 Å². The smallest absolute Gasteiger partial charge is 0.344 e. The predicted octanol–water partition coefficient (Wildman–Crippen LogP) is 2.98. The van der Waals surface area contributed by atoms with Crippen LogP contribution in [0.25, 0.3) is 6.08 Å². The summed E-state index contributed by atoms with van der Waals surface area (Å²) in [6, 6.07) is 10.2. The molecule has 0 unspecified atom stereocenters. The van der Waals surface area contributed by atoms with E-state index in [2.05, 4.69) is 21.2 Å². The average molecular weight is 489 g/mol. The highest BCUT2D eigenvalue weighted by Gasteiger charge is 2.37. The van der Waals surface area contributed by atoms with Crippen LogP contribution in [0.5, 0.6) is 11.5 Å². The Labute approximate surface area is 185 Å². The second-order valence-electron chi connectivity index (χ2n) is 6.41. The summed E-state index contributed by atoms with van der Waals surface area (Å²) in [4.78, 5) is 49.8. The maximum Gasteiger partial charge on any atom is 0.344 e. The molecular formula is C21H17BrN2O7. The van der Waals surface area contributed by atoms with Crippen LogP contribution in [0.4, 0.5) is 10.5 Å². The van der Waals surface area contributed by atoms with Crippen LogP contribution in [-0.2, 0) is 14.4 Å². The number of hydrogen-bond donors (Lipinski definition) is 2. The topological polar surface area (TPSA) is 122 Å². The number of anilines is 1. The van der Waals surface area contributed by atoms with Crippen LogP contribution >= 0.6 is 15.9 Å². The zero-order chi connectivity index (χ0) is 22.7. The fourth-order valence-corrected chi connectivity index (χ4v) is 3.06. The first-order valence-electron chi connectivity index (χ1n) is 8.96. The van der Waals surface area contributed by atoms with Gasteiger partial charge in [0.1, 0.15) is 5.57 Å². The van der Waals surface area contributed by atoms with Gasteiger partial charge in [0.05, 0.1) is 12.8 Å². The molecule has 0 radical (unpaired) electrons. The van der Waals surface area contributed by atoms with Gasteiger partial charge in [0.2, 0.25) is 0 Å². The number of hydrogen-bond acceptors (Lipinski definition) is 6. The van der Waals surface area contributed by atoms with Crippen molar-refractivity contribution in [1.82, 2.24) is 5.32 Å². The van der Waals surface area contributed by atoms with Crippen molar-refractivity contribution in [2.24, 2.45) is 0 Å². The molecule has 0 aliphatic carbocycles. The lowest BCUT2D eigenvalue weighted by atomic mass is 10.1. The zero-order valence-corrected chi connectivity index (χ0v) is 18.0. The second-order valence-corrected chi connectivity index (χ2v) is 7.33. The van der Waals surface area contributed by atoms with Crippen molar-refractivity contribution in [3.63, 3.8) is 0 Å². The summed E-state index contributed by atoms with van der Waals surface area (Å²) in [6.45, 7) is 1.33. The molecule has 31 heavy (non-hydrogen) atoms. The molecule has 1 aliphatic rings. The molecular weight excluding hydrogens is 472 g/mol. The molecule has 10 heteroatoms. The number of aliphatic carboxylic acids is 1. The minimum absolute atomic E-state index is 0.0418. The van der Waals surface area contributed by atoms with Crippen LogP contribution in [-0.4, -0.2) is 42.1 Å². The monoisotopic (exact) mass is 488 g/mol. The molecule has 0 bridgehead atoms. The van der Waals surface area contributed by atoms with Crippen LogP contribution in [0.2, 0.25) is 0 Å². The predicted molar refractivity (Wildman–Crippen MR) is 114 cm³/mol. The van der Waals surface area contributed by atoms with E-state index in [1.807, 2.05) is 0 Å². The van der Waals surface area contributed by atoms with Crippen molar-refractivity contribution in [2.75, 3.05) is 12.0 Å². The number of nitrogens with zero attached hydrogens (tertiary/aromatic N) is 1. The van der Waals surface area contributed by atoms with Gasteiger partial charge in [0, 0.05) is 10.0 Å². The summed E-state index contributed by atoms with van der Waals surface area (Å²) in [6.07, 6.45) is 0.00716. The number of carbonyl (C=O) groups is 4. The summed E-state index contributed by atoms with van der Waals surface area (Å²) in [5.41, 5.74) is 0.172. The number of halogens is 1. The maximum atomic E-state index is 13.0. The summed E-state index contributed by atoms with van der Waals surface area (Å²) in [5, 5.41) is 11.3. The number of carboxylic acid groups (broad SMARTS) is 1. The normalized spacial score (nSPS) is 16.2. The van der Waals surface area contributed by atoms with Crippen molar-refractivity contribution in [1.29, 1.82) is 0 Å². The minimum atomic E-state index is -1.22. The number of ether oxygens (including phenoxy) is 2. The number of urea groups is 1. The highest BCUT2D eigenvalue weighted by molar-refractivity contribution is 9.10. The summed E-state index contributed by atoms with van der Waals surface area (Å²) in [5.74, 6) is -2.67. The van der Waals surface area contributed by atoms with E-state index in [0.29, 0.717) is 0 Å². The minimum Gasteiger partial charge on any atom is -0.493 e. The van der Waals surface area contributed by atoms with Crippen molar-refractivity contribution in [3.8, 4) is 11.5 Å². The molecule has 3 rings (SSSR count). The van der Waals surface area contributed by atoms with Gasteiger partial charge in [0.15, 0.2) is 17.6 Å². The van der Waals surface area contributed by atoms with E-state index in [9.17, 15) is 19.2 Å². The quantitative estimate of drug-likeness (QED) is 0.473. The number of barbiturate groups is 1. The third kappa shape index (κ3) is 4.58. The van der Waals surface area contributed by atoms with Crippen LogP contribution < -0.4 is 19.7 Å². The molecule has 2 N–H and O–H groups in total. The molecule has 0 saturated carbocycles. The van der Waals surface area contributed by atoms with E-state index in [-0.39, 0.29) is 28.3 Å². The Morgan fingerprint density at radius 1 is 1.16 bits per heavy atom. The molecule has 0 spiro atoms. The zero-order valence-electron chi connectivity index (χ0n) is 16.4. The Hall–Kier alpha value is -3.66. The molecule has 0 aromatic heterocycles. The van der Waals surface area contributed by atoms with Crippen molar-refractivity contribution in [2.45, 2.75) is 13.0 Å². The fraction of sp³-hybridized carbons (Fsp3) is 0.143. The van der Waals surface area contributed by atoms with Gasteiger partial charge in [-0.3, -0.25) is 14.9 Å². The summed E-state index contributed by atoms with van der Waals surface area (Å²) in [7, 11) is 1.37. The molecule has 160 valence electrons. The van der Waals surface area contributed by atoms with Gasteiger partial charge < -0.3 is 14.6 Å². The largest absolute Gasteiger partial charge is 0.493 e. The number of nitrogens with one attached hydrogen (secondary N) is 1. The van der Waals surface area contributed by atoms with Crippen LogP contribution in [0.1, 0.15) is 12.5 Å². The number of rotatable bonds is 6. The SMILES string of the molecule is COc1cccc(/C=C2\C(=O)NC(=O)N(c3ccc(Br)cc3)C2=O)c1O[C@H](C)C(=O)O. The lowest BCUT2D eigenvalue weighted by molar-refractivity contribution is -0.144. The number of carboxylic acids is 1. The van der Waals surface area contributed by atoms with Crippen LogP contribution in [0.3, 0.4) is 0 Å². The second kappa shape index (κ2) is 9.00. The standard InChI is InChI=1S/C21H17BrN2O7/c1-11(20(27)28)31-17-12(4-3-5-16(17)30-2)10-15-18(25)23-21(29)24(19(15)26)14-8-6-13(22)7-9-14/h3-11H,1-2H3,(H,27,28)(H,23,25,29)/b15-10+/t11-/m1/s1. The Kier molecular flexibility index (Phi) is 6.40. The molecule has 1 aliphatic heterocycles. The van der Waals surface area contributed by atoms with Crippen molar-refractivity contribution >= 4 is 51.5 Å². The van der Waals surface area contributed by atoms with Gasteiger partial charge in [-0.15, -0.1) is 0 Å². The molecule has 1 atom stereocenters. The summed E-state index contributed by atoms with van der Waals surface area (Å²) >= 11 is 3.28. The highest BCUT2D eigenvalue weighted by atomic mass is 79.9. The van der Waals surface area contributed by atoms with Crippen LogP contribution in [0.15, 0.2) is 52.5 Å². The summed E-state index contributed by atoms with van der Waals surface area (Å²) < 4.78 is 11.5. The number of carbonyl (C=O) groups excluding carboxylic acids is 3. The van der Waals surface area contributed by atoms with E-state index in [4.69, 9.17) is 14.6 Å². The first-order valence-corrected chi connectivity index (χ1v) is 9.75. The first-order chi connectivity index (χ1) is 14.7. The van der Waals surface area contributed by atoms with Crippen molar-refractivity contribution < 1.29 is 33.8 Å². The lowest BCUT2D eigenvalue weighted by Crippen LogP contribution is -2.54. The maximum absolute atomic E-state index is 13.0. The Balaban J connectivity index is 2.06. The van der Waals surface area contributed by atoms with Gasteiger partial charge in [0.25, 0.3) is 11.8 Å². The molecule has 1 saturated heterocycles. The number of methoxy groups -OCH3 is 1. The van der Waals surface area contributed by atoms with Crippen molar-refractivity contribution in [3.05, 3.63) is 58.1 Å². The highest BCUT2D eigenvalue weighted by Crippen LogP contribution is 2.34. The molecule has 1 heterocycles. The van der Waals surface area contributed by atoms with E-state index in [1.165, 1.54) is 26.2 Å². The Bertz CT molecular complexity index is 1100. The van der Waals surface area contributed by atoms with Crippen LogP contribution in [0, 0.1) is 0 Å². The number of benzene rings is 2. The fourth-order valence-electron chi connectivity index (χ4n) is 2.80. The Morgan fingerprint density at radius 2 is 1.84 bits per heavy atom. The third-order valence-electron chi connectivity index (χ3n) is 4.36. The lowest BCUT2D eigenvalue weighted by Gasteiger charge is -2.26. The third-order valence-corrected chi connectivity index (χ3v) is 4.89. The van der Waals surface area contributed by atoms with Gasteiger partial charge in [-0.05, 0) is 43.3 Å². The molecule has 1 fully saturated rings. The molecule has 4 amide bonds. The van der Waals surface area contributed by atoms with Gasteiger partial charge in [-0.1, -0.05) is 28.1 Å². The molecule has 2 aromatic rings. The first kappa shape index (κ1) is 22.0. The van der Waals surface area contributed by atoms with E-state index >= 15 is 0 Å². The van der Waals surface area contributed by atoms with Gasteiger partial charge >= 0.3 is 12.0 Å². The number of amides is 4. The number of imide groups is 2. The van der Waals surface area contributed by atoms with E-state index in [0.717, 1.165) is 9.37 Å².